The zero-order valence-corrected chi connectivity index (χ0v) is 10.1. The summed E-state index contributed by atoms with van der Waals surface area (Å²) in [6.45, 7) is 2.03. The fraction of sp³-hybridized carbons (Fsp3) is 0.286. The van der Waals surface area contributed by atoms with E-state index in [9.17, 15) is 4.79 Å². The van der Waals surface area contributed by atoms with Crippen LogP contribution >= 0.6 is 0 Å². The number of carbonyl (C=O) groups excluding carboxylic acids is 1. The van der Waals surface area contributed by atoms with E-state index < -0.39 is 0 Å². The first-order valence-corrected chi connectivity index (χ1v) is 6.07. The van der Waals surface area contributed by atoms with E-state index in [0.29, 0.717) is 11.7 Å². The summed E-state index contributed by atoms with van der Waals surface area (Å²) in [7, 11) is 0. The molecule has 4 heteroatoms. The predicted octanol–water partition coefficient (Wildman–Crippen LogP) is 2.54. The Hall–Kier alpha value is -2.10. The van der Waals surface area contributed by atoms with Gasteiger partial charge in [0.2, 0.25) is 5.76 Å². The van der Waals surface area contributed by atoms with Crippen LogP contribution in [0.5, 0.6) is 0 Å². The molecule has 92 valence electrons. The molecule has 1 saturated carbocycles. The minimum absolute atomic E-state index is 0.177. The first-order chi connectivity index (χ1) is 8.72. The van der Waals surface area contributed by atoms with Crippen molar-refractivity contribution in [3.8, 4) is 11.3 Å². The number of carbonyl (C=O) groups is 1. The van der Waals surface area contributed by atoms with Crippen LogP contribution in [0.15, 0.2) is 34.9 Å². The molecule has 1 aromatic heterocycles. The summed E-state index contributed by atoms with van der Waals surface area (Å²) in [5, 5.41) is 6.80. The average molecular weight is 242 g/mol. The van der Waals surface area contributed by atoms with Crippen LogP contribution in [0, 0.1) is 6.92 Å². The maximum absolute atomic E-state index is 11.7. The molecule has 3 rings (SSSR count). The lowest BCUT2D eigenvalue weighted by molar-refractivity contribution is 0.0914. The van der Waals surface area contributed by atoms with Crippen LogP contribution in [-0.2, 0) is 0 Å². The fourth-order valence-corrected chi connectivity index (χ4v) is 1.73. The number of rotatable bonds is 3. The van der Waals surface area contributed by atoms with Gasteiger partial charge in [0.05, 0.1) is 0 Å². The van der Waals surface area contributed by atoms with Gasteiger partial charge in [-0.15, -0.1) is 0 Å². The Morgan fingerprint density at radius 1 is 1.33 bits per heavy atom. The number of nitrogens with zero attached hydrogens (tertiary/aromatic N) is 1. The predicted molar refractivity (Wildman–Crippen MR) is 67.2 cm³/mol. The van der Waals surface area contributed by atoms with Gasteiger partial charge in [0, 0.05) is 17.7 Å². The Labute approximate surface area is 105 Å². The third-order valence-corrected chi connectivity index (χ3v) is 2.99. The molecule has 1 heterocycles. The van der Waals surface area contributed by atoms with E-state index in [1.165, 1.54) is 5.56 Å². The highest BCUT2D eigenvalue weighted by Crippen LogP contribution is 2.22. The molecule has 2 aromatic rings. The molecule has 1 aliphatic rings. The van der Waals surface area contributed by atoms with Crippen molar-refractivity contribution in [1.29, 1.82) is 0 Å². The quantitative estimate of drug-likeness (QED) is 0.899. The number of amides is 1. The van der Waals surface area contributed by atoms with Gasteiger partial charge in [0.15, 0.2) is 0 Å². The summed E-state index contributed by atoms with van der Waals surface area (Å²) >= 11 is 0. The van der Waals surface area contributed by atoms with E-state index in [1.807, 2.05) is 31.2 Å². The number of hydrogen-bond donors (Lipinski definition) is 1. The number of aryl methyl sites for hydroxylation is 1. The van der Waals surface area contributed by atoms with E-state index in [4.69, 9.17) is 4.52 Å². The highest BCUT2D eigenvalue weighted by Gasteiger charge is 2.25. The highest BCUT2D eigenvalue weighted by molar-refractivity contribution is 5.92. The molecule has 0 unspecified atom stereocenters. The maximum atomic E-state index is 11.7. The molecule has 0 spiro atoms. The molecule has 1 aliphatic carbocycles. The largest absolute Gasteiger partial charge is 0.350 e. The number of nitrogens with one attached hydrogen (secondary N) is 1. The second kappa shape index (κ2) is 4.29. The molecule has 0 radical (unpaired) electrons. The fourth-order valence-electron chi connectivity index (χ4n) is 1.73. The molecular formula is C14H14N2O2. The normalized spacial score (nSPS) is 14.5. The van der Waals surface area contributed by atoms with Gasteiger partial charge in [-0.3, -0.25) is 4.79 Å². The Morgan fingerprint density at radius 3 is 2.72 bits per heavy atom. The molecule has 0 saturated heterocycles. The minimum Gasteiger partial charge on any atom is -0.350 e. The highest BCUT2D eigenvalue weighted by atomic mass is 16.5. The minimum atomic E-state index is -0.177. The summed E-state index contributed by atoms with van der Waals surface area (Å²) < 4.78 is 5.08. The van der Waals surface area contributed by atoms with Gasteiger partial charge in [-0.1, -0.05) is 35.0 Å². The molecule has 1 fully saturated rings. The third-order valence-electron chi connectivity index (χ3n) is 2.99. The van der Waals surface area contributed by atoms with Crippen molar-refractivity contribution < 1.29 is 9.32 Å². The SMILES string of the molecule is Cc1ccc(-c2cc(C(=O)NC3CC3)on2)cc1. The van der Waals surface area contributed by atoms with Crippen molar-refractivity contribution in [1.82, 2.24) is 10.5 Å². The standard InChI is InChI=1S/C14H14N2O2/c1-9-2-4-10(5-3-9)12-8-13(18-16-12)14(17)15-11-6-7-11/h2-5,8,11H,6-7H2,1H3,(H,15,17). The number of aromatic nitrogens is 1. The van der Waals surface area contributed by atoms with Gasteiger partial charge < -0.3 is 9.84 Å². The van der Waals surface area contributed by atoms with E-state index in [2.05, 4.69) is 10.5 Å². The van der Waals surface area contributed by atoms with E-state index >= 15 is 0 Å². The molecule has 0 aliphatic heterocycles. The van der Waals surface area contributed by atoms with Crippen LogP contribution in [0.3, 0.4) is 0 Å². The zero-order chi connectivity index (χ0) is 12.5. The molecule has 4 nitrogen and oxygen atoms in total. The van der Waals surface area contributed by atoms with Crippen molar-refractivity contribution in [2.75, 3.05) is 0 Å². The van der Waals surface area contributed by atoms with Gasteiger partial charge in [0.1, 0.15) is 5.69 Å². The van der Waals surface area contributed by atoms with Crippen molar-refractivity contribution in [2.45, 2.75) is 25.8 Å². The second-order valence-electron chi connectivity index (χ2n) is 4.69. The molecule has 0 atom stereocenters. The monoisotopic (exact) mass is 242 g/mol. The maximum Gasteiger partial charge on any atom is 0.290 e. The average Bonchev–Trinajstić information content (AvgIpc) is 3.04. The van der Waals surface area contributed by atoms with Crippen LogP contribution in [0.25, 0.3) is 11.3 Å². The Balaban J connectivity index is 1.79. The molecule has 0 bridgehead atoms. The van der Waals surface area contributed by atoms with Crippen molar-refractivity contribution >= 4 is 5.91 Å². The summed E-state index contributed by atoms with van der Waals surface area (Å²) in [5.74, 6) is 0.0980. The van der Waals surface area contributed by atoms with Gasteiger partial charge in [-0.2, -0.15) is 0 Å². The molecule has 18 heavy (non-hydrogen) atoms. The molecule has 1 aromatic carbocycles. The van der Waals surface area contributed by atoms with E-state index in [0.717, 1.165) is 18.4 Å². The lowest BCUT2D eigenvalue weighted by Crippen LogP contribution is -2.24. The lowest BCUT2D eigenvalue weighted by Gasteiger charge is -1.97. The van der Waals surface area contributed by atoms with Crippen LogP contribution in [-0.4, -0.2) is 17.1 Å². The van der Waals surface area contributed by atoms with Crippen LogP contribution in [0.1, 0.15) is 29.0 Å². The van der Waals surface area contributed by atoms with Gasteiger partial charge >= 0.3 is 0 Å². The second-order valence-corrected chi connectivity index (χ2v) is 4.69. The molecule has 1 amide bonds. The van der Waals surface area contributed by atoms with Crippen molar-refractivity contribution in [3.05, 3.63) is 41.7 Å². The summed E-state index contributed by atoms with van der Waals surface area (Å²) in [4.78, 5) is 11.7. The number of benzene rings is 1. The van der Waals surface area contributed by atoms with Crippen LogP contribution in [0.2, 0.25) is 0 Å². The zero-order valence-electron chi connectivity index (χ0n) is 10.1. The van der Waals surface area contributed by atoms with Gasteiger partial charge in [-0.25, -0.2) is 0 Å². The molecular weight excluding hydrogens is 228 g/mol. The first-order valence-electron chi connectivity index (χ1n) is 6.07. The van der Waals surface area contributed by atoms with Gasteiger partial charge in [0.25, 0.3) is 5.91 Å². The lowest BCUT2D eigenvalue weighted by atomic mass is 10.1. The summed E-state index contributed by atoms with van der Waals surface area (Å²) in [6, 6.07) is 9.96. The third kappa shape index (κ3) is 2.27. The summed E-state index contributed by atoms with van der Waals surface area (Å²) in [5.41, 5.74) is 2.83. The topological polar surface area (TPSA) is 55.1 Å². The Kier molecular flexibility index (Phi) is 2.63. The van der Waals surface area contributed by atoms with Crippen molar-refractivity contribution in [2.24, 2.45) is 0 Å². The molecule has 1 N–H and O–H groups in total. The van der Waals surface area contributed by atoms with Crippen molar-refractivity contribution in [3.63, 3.8) is 0 Å². The van der Waals surface area contributed by atoms with E-state index in [1.54, 1.807) is 6.07 Å². The Morgan fingerprint density at radius 2 is 2.06 bits per heavy atom. The smallest absolute Gasteiger partial charge is 0.290 e. The first kappa shape index (κ1) is 11.0. The van der Waals surface area contributed by atoms with Gasteiger partial charge in [-0.05, 0) is 19.8 Å². The summed E-state index contributed by atoms with van der Waals surface area (Å²) in [6.07, 6.45) is 2.12. The Bertz CT molecular complexity index is 568. The van der Waals surface area contributed by atoms with Crippen LogP contribution < -0.4 is 5.32 Å². The number of hydrogen-bond acceptors (Lipinski definition) is 3. The van der Waals surface area contributed by atoms with E-state index in [-0.39, 0.29) is 11.7 Å². The van der Waals surface area contributed by atoms with Crippen LogP contribution in [0.4, 0.5) is 0 Å².